The van der Waals surface area contributed by atoms with Crippen molar-refractivity contribution < 1.29 is 9.59 Å². The first kappa shape index (κ1) is 14.6. The molecule has 0 aliphatic carbocycles. The van der Waals surface area contributed by atoms with Crippen LogP contribution in [0.2, 0.25) is 0 Å². The highest BCUT2D eigenvalue weighted by Gasteiger charge is 2.35. The minimum absolute atomic E-state index is 0.0459. The van der Waals surface area contributed by atoms with Gasteiger partial charge in [0.15, 0.2) is 0 Å². The van der Waals surface area contributed by atoms with Crippen molar-refractivity contribution in [3.8, 4) is 0 Å². The molecule has 1 aromatic carbocycles. The second-order valence-electron chi connectivity index (χ2n) is 5.30. The molecule has 2 amide bonds. The lowest BCUT2D eigenvalue weighted by atomic mass is 10.1. The van der Waals surface area contributed by atoms with E-state index in [4.69, 9.17) is 0 Å². The molecule has 1 fully saturated rings. The zero-order valence-corrected chi connectivity index (χ0v) is 12.2. The molecule has 0 radical (unpaired) electrons. The molecule has 0 unspecified atom stereocenters. The summed E-state index contributed by atoms with van der Waals surface area (Å²) in [5.74, 6) is 0.103. The molecule has 0 N–H and O–H groups in total. The summed E-state index contributed by atoms with van der Waals surface area (Å²) in [5, 5.41) is 0. The van der Waals surface area contributed by atoms with Crippen LogP contribution >= 0.6 is 0 Å². The number of carbonyl (C=O) groups excluding carboxylic acids is 2. The number of piperazine rings is 1. The number of benzene rings is 1. The van der Waals surface area contributed by atoms with Crippen LogP contribution in [-0.2, 0) is 16.1 Å². The molecule has 1 saturated heterocycles. The molecular weight excluding hydrogens is 252 g/mol. The van der Waals surface area contributed by atoms with Crippen LogP contribution in [-0.4, -0.2) is 40.7 Å². The normalized spacial score (nSPS) is 19.6. The average molecular weight is 274 g/mol. The number of nitrogens with zero attached hydrogens (tertiary/aromatic N) is 2. The topological polar surface area (TPSA) is 40.6 Å². The first-order valence-electron chi connectivity index (χ1n) is 7.25. The fraction of sp³-hybridized carbons (Fsp3) is 0.500. The highest BCUT2D eigenvalue weighted by Crippen LogP contribution is 2.16. The maximum absolute atomic E-state index is 12.4. The van der Waals surface area contributed by atoms with Gasteiger partial charge in [-0.3, -0.25) is 9.59 Å². The molecule has 0 spiro atoms. The van der Waals surface area contributed by atoms with Crippen LogP contribution in [0.5, 0.6) is 0 Å². The van der Waals surface area contributed by atoms with Gasteiger partial charge in [-0.2, -0.15) is 0 Å². The molecular formula is C16H22N2O2. The van der Waals surface area contributed by atoms with Crippen LogP contribution in [0, 0.1) is 0 Å². The van der Waals surface area contributed by atoms with Gasteiger partial charge in [0.2, 0.25) is 11.8 Å². The van der Waals surface area contributed by atoms with E-state index in [9.17, 15) is 9.59 Å². The maximum atomic E-state index is 12.4. The monoisotopic (exact) mass is 274 g/mol. The van der Waals surface area contributed by atoms with Crippen molar-refractivity contribution in [3.05, 3.63) is 35.9 Å². The van der Waals surface area contributed by atoms with Gasteiger partial charge in [-0.25, -0.2) is 0 Å². The molecule has 0 saturated carbocycles. The summed E-state index contributed by atoms with van der Waals surface area (Å²) < 4.78 is 0. The summed E-state index contributed by atoms with van der Waals surface area (Å²) >= 11 is 0. The first-order chi connectivity index (χ1) is 9.63. The van der Waals surface area contributed by atoms with Crippen LogP contribution in [0.25, 0.3) is 0 Å². The maximum Gasteiger partial charge on any atom is 0.245 e. The van der Waals surface area contributed by atoms with Gasteiger partial charge in [0, 0.05) is 13.1 Å². The van der Waals surface area contributed by atoms with Gasteiger partial charge in [0.1, 0.15) is 12.6 Å². The van der Waals surface area contributed by atoms with E-state index >= 15 is 0 Å². The second kappa shape index (κ2) is 6.55. The molecule has 1 aromatic rings. The lowest BCUT2D eigenvalue weighted by molar-refractivity contribution is -0.155. The predicted octanol–water partition coefficient (Wildman–Crippen LogP) is 2.05. The van der Waals surface area contributed by atoms with Crippen LogP contribution in [0.3, 0.4) is 0 Å². The molecule has 1 heterocycles. The molecule has 1 atom stereocenters. The van der Waals surface area contributed by atoms with Crippen molar-refractivity contribution in [2.24, 2.45) is 0 Å². The van der Waals surface area contributed by atoms with Crippen molar-refractivity contribution in [3.63, 3.8) is 0 Å². The Morgan fingerprint density at radius 3 is 2.55 bits per heavy atom. The fourth-order valence-corrected chi connectivity index (χ4v) is 2.53. The Balaban J connectivity index is 2.04. The van der Waals surface area contributed by atoms with Gasteiger partial charge < -0.3 is 9.80 Å². The third-order valence-electron chi connectivity index (χ3n) is 3.75. The Bertz CT molecular complexity index is 473. The highest BCUT2D eigenvalue weighted by atomic mass is 16.2. The van der Waals surface area contributed by atoms with Gasteiger partial charge in [-0.05, 0) is 18.9 Å². The summed E-state index contributed by atoms with van der Waals surface area (Å²) in [6.45, 7) is 5.30. The standard InChI is InChI=1S/C16H22N2O2/c1-3-4-10-18-13(2)16(20)17(12-15(18)19)11-14-8-6-5-7-9-14/h5-9,13H,3-4,10-12H2,1-2H3/t13-/m1/s1. The van der Waals surface area contributed by atoms with Crippen LogP contribution in [0.1, 0.15) is 32.3 Å². The van der Waals surface area contributed by atoms with Crippen molar-refractivity contribution in [1.29, 1.82) is 0 Å². The Kier molecular flexibility index (Phi) is 4.77. The summed E-state index contributed by atoms with van der Waals surface area (Å²) in [6, 6.07) is 9.46. The number of rotatable bonds is 5. The molecule has 0 bridgehead atoms. The van der Waals surface area contributed by atoms with Crippen LogP contribution in [0.15, 0.2) is 30.3 Å². The minimum Gasteiger partial charge on any atom is -0.329 e. The molecule has 2 rings (SSSR count). The van der Waals surface area contributed by atoms with Crippen LogP contribution < -0.4 is 0 Å². The molecule has 4 nitrogen and oxygen atoms in total. The molecule has 1 aliphatic rings. The van der Waals surface area contributed by atoms with E-state index in [1.54, 1.807) is 9.80 Å². The quantitative estimate of drug-likeness (QED) is 0.824. The van der Waals surface area contributed by atoms with Gasteiger partial charge in [-0.1, -0.05) is 43.7 Å². The minimum atomic E-state index is -0.341. The molecule has 108 valence electrons. The smallest absolute Gasteiger partial charge is 0.245 e. The lowest BCUT2D eigenvalue weighted by Gasteiger charge is -2.38. The van der Waals surface area contributed by atoms with Crippen LogP contribution in [0.4, 0.5) is 0 Å². The van der Waals surface area contributed by atoms with E-state index in [0.29, 0.717) is 13.1 Å². The number of carbonyl (C=O) groups is 2. The van der Waals surface area contributed by atoms with E-state index in [2.05, 4.69) is 6.92 Å². The van der Waals surface area contributed by atoms with E-state index in [1.807, 2.05) is 37.3 Å². The largest absolute Gasteiger partial charge is 0.329 e. The zero-order chi connectivity index (χ0) is 14.5. The molecule has 20 heavy (non-hydrogen) atoms. The Morgan fingerprint density at radius 2 is 1.90 bits per heavy atom. The van der Waals surface area contributed by atoms with Gasteiger partial charge >= 0.3 is 0 Å². The Labute approximate surface area is 120 Å². The molecule has 4 heteroatoms. The number of amides is 2. The third kappa shape index (κ3) is 3.18. The van der Waals surface area contributed by atoms with E-state index in [-0.39, 0.29) is 24.4 Å². The summed E-state index contributed by atoms with van der Waals surface area (Å²) in [6.07, 6.45) is 1.97. The average Bonchev–Trinajstić information content (AvgIpc) is 2.45. The SMILES string of the molecule is CCCCN1C(=O)CN(Cc2ccccc2)C(=O)[C@H]1C. The lowest BCUT2D eigenvalue weighted by Crippen LogP contribution is -2.58. The van der Waals surface area contributed by atoms with E-state index in [0.717, 1.165) is 18.4 Å². The highest BCUT2D eigenvalue weighted by molar-refractivity contribution is 5.94. The summed E-state index contributed by atoms with van der Waals surface area (Å²) in [4.78, 5) is 27.9. The van der Waals surface area contributed by atoms with E-state index < -0.39 is 0 Å². The molecule has 1 aliphatic heterocycles. The third-order valence-corrected chi connectivity index (χ3v) is 3.75. The van der Waals surface area contributed by atoms with Crippen molar-refractivity contribution in [2.45, 2.75) is 39.3 Å². The van der Waals surface area contributed by atoms with Crippen molar-refractivity contribution in [2.75, 3.05) is 13.1 Å². The number of unbranched alkanes of at least 4 members (excludes halogenated alkanes) is 1. The zero-order valence-electron chi connectivity index (χ0n) is 12.2. The predicted molar refractivity (Wildman–Crippen MR) is 77.9 cm³/mol. The number of hydrogen-bond donors (Lipinski definition) is 0. The fourth-order valence-electron chi connectivity index (χ4n) is 2.53. The van der Waals surface area contributed by atoms with Gasteiger partial charge in [0.05, 0.1) is 0 Å². The second-order valence-corrected chi connectivity index (χ2v) is 5.30. The van der Waals surface area contributed by atoms with Crippen molar-refractivity contribution >= 4 is 11.8 Å². The molecule has 0 aromatic heterocycles. The summed E-state index contributed by atoms with van der Waals surface area (Å²) in [7, 11) is 0. The van der Waals surface area contributed by atoms with Crippen molar-refractivity contribution in [1.82, 2.24) is 9.80 Å². The van der Waals surface area contributed by atoms with E-state index in [1.165, 1.54) is 0 Å². The summed E-state index contributed by atoms with van der Waals surface area (Å²) in [5.41, 5.74) is 1.06. The Morgan fingerprint density at radius 1 is 1.20 bits per heavy atom. The van der Waals surface area contributed by atoms with Gasteiger partial charge in [0.25, 0.3) is 0 Å². The van der Waals surface area contributed by atoms with Gasteiger partial charge in [-0.15, -0.1) is 0 Å². The number of hydrogen-bond acceptors (Lipinski definition) is 2. The first-order valence-corrected chi connectivity index (χ1v) is 7.25. The Hall–Kier alpha value is -1.84.